The Hall–Kier alpha value is -2.70. The number of benzene rings is 1. The van der Waals surface area contributed by atoms with Crippen LogP contribution < -0.4 is 0 Å². The molecule has 0 spiro atoms. The number of carbonyl (C=O) groups excluding carboxylic acids is 2. The minimum atomic E-state index is -1.01. The smallest absolute Gasteiger partial charge is 0.341 e. The highest BCUT2D eigenvalue weighted by Crippen LogP contribution is 2.58. The van der Waals surface area contributed by atoms with E-state index in [1.54, 1.807) is 12.3 Å². The Balaban J connectivity index is 1.34. The van der Waals surface area contributed by atoms with Gasteiger partial charge in [-0.1, -0.05) is 0 Å². The highest BCUT2D eigenvalue weighted by molar-refractivity contribution is 5.91. The molecule has 6 rings (SSSR count). The van der Waals surface area contributed by atoms with Crippen molar-refractivity contribution in [3.8, 4) is 0 Å². The Morgan fingerprint density at radius 1 is 1.06 bits per heavy atom. The van der Waals surface area contributed by atoms with Crippen molar-refractivity contribution >= 4 is 11.9 Å². The van der Waals surface area contributed by atoms with Crippen LogP contribution in [0.5, 0.6) is 0 Å². The van der Waals surface area contributed by atoms with Gasteiger partial charge >= 0.3 is 5.97 Å². The van der Waals surface area contributed by atoms with Crippen molar-refractivity contribution in [2.45, 2.75) is 50.6 Å². The lowest BCUT2D eigenvalue weighted by molar-refractivity contribution is -0.156. The first-order chi connectivity index (χ1) is 14.9. The van der Waals surface area contributed by atoms with E-state index in [0.29, 0.717) is 36.1 Å². The third-order valence-electron chi connectivity index (χ3n) is 7.25. The van der Waals surface area contributed by atoms with E-state index in [1.807, 2.05) is 11.0 Å². The number of amides is 1. The summed E-state index contributed by atoms with van der Waals surface area (Å²) >= 11 is 0. The van der Waals surface area contributed by atoms with Crippen LogP contribution in [0.3, 0.4) is 0 Å². The van der Waals surface area contributed by atoms with E-state index in [0.717, 1.165) is 31.4 Å². The van der Waals surface area contributed by atoms with E-state index in [4.69, 9.17) is 9.15 Å². The molecule has 4 fully saturated rings. The fraction of sp³-hybridized carbons (Fsp3) is 0.500. The molecule has 7 heteroatoms. The van der Waals surface area contributed by atoms with Gasteiger partial charge in [0.25, 0.3) is 5.91 Å². The molecule has 4 aliphatic rings. The van der Waals surface area contributed by atoms with Crippen LogP contribution >= 0.6 is 0 Å². The first kappa shape index (κ1) is 20.2. The number of rotatable bonds is 6. The molecule has 4 saturated carbocycles. The maximum Gasteiger partial charge on any atom is 0.341 e. The summed E-state index contributed by atoms with van der Waals surface area (Å²) in [6, 6.07) is 6.25. The van der Waals surface area contributed by atoms with Gasteiger partial charge in [0.1, 0.15) is 17.4 Å². The molecule has 2 aromatic rings. The largest absolute Gasteiger partial charge is 0.467 e. The second kappa shape index (κ2) is 7.77. The second-order valence-corrected chi connectivity index (χ2v) is 9.40. The number of hydrogen-bond donors (Lipinski definition) is 0. The third kappa shape index (κ3) is 3.86. The molecule has 0 saturated heterocycles. The fourth-order valence-electron chi connectivity index (χ4n) is 6.41. The van der Waals surface area contributed by atoms with Crippen LogP contribution in [0.15, 0.2) is 41.0 Å². The van der Waals surface area contributed by atoms with Gasteiger partial charge in [0, 0.05) is 11.6 Å². The standard InChI is InChI=1S/C24H25F2NO4/c25-18-3-4-20(21(26)9-18)23(29)31-14-22(28)27(13-19-2-1-5-30-19)24-10-15-6-16(11-24)8-17(7-15)12-24/h1-5,9,15-17H,6-8,10-14H2. The van der Waals surface area contributed by atoms with Crippen LogP contribution in [0, 0.1) is 29.4 Å². The van der Waals surface area contributed by atoms with Crippen molar-refractivity contribution in [2.24, 2.45) is 17.8 Å². The summed E-state index contributed by atoms with van der Waals surface area (Å²) in [6.45, 7) is -0.168. The minimum Gasteiger partial charge on any atom is -0.467 e. The lowest BCUT2D eigenvalue weighted by atomic mass is 9.52. The average Bonchev–Trinajstić information content (AvgIpc) is 3.22. The molecular weight excluding hydrogens is 404 g/mol. The SMILES string of the molecule is O=C(OCC(=O)N(Cc1ccco1)C12CC3CC(CC(C3)C1)C2)c1ccc(F)cc1F. The van der Waals surface area contributed by atoms with Crippen LogP contribution in [-0.2, 0) is 16.1 Å². The zero-order chi connectivity index (χ0) is 21.6. The molecule has 1 amide bonds. The molecule has 0 unspecified atom stereocenters. The molecule has 164 valence electrons. The first-order valence-electron chi connectivity index (χ1n) is 10.9. The highest BCUT2D eigenvalue weighted by Gasteiger charge is 2.54. The van der Waals surface area contributed by atoms with Crippen LogP contribution in [-0.4, -0.2) is 28.9 Å². The van der Waals surface area contributed by atoms with Crippen molar-refractivity contribution in [3.05, 3.63) is 59.6 Å². The van der Waals surface area contributed by atoms with Crippen LogP contribution in [0.2, 0.25) is 0 Å². The summed E-state index contributed by atoms with van der Waals surface area (Å²) in [6.07, 6.45) is 8.18. The quantitative estimate of drug-likeness (QED) is 0.624. The van der Waals surface area contributed by atoms with E-state index in [9.17, 15) is 18.4 Å². The molecule has 5 nitrogen and oxygen atoms in total. The monoisotopic (exact) mass is 429 g/mol. The summed E-state index contributed by atoms with van der Waals surface area (Å²) in [5.41, 5.74) is -0.631. The van der Waals surface area contributed by atoms with Gasteiger partial charge in [-0.25, -0.2) is 13.6 Å². The van der Waals surface area contributed by atoms with E-state index < -0.39 is 24.2 Å². The number of furan rings is 1. The lowest BCUT2D eigenvalue weighted by Crippen LogP contribution is -2.61. The van der Waals surface area contributed by atoms with E-state index in [-0.39, 0.29) is 17.0 Å². The number of halogens is 2. The Labute approximate surface area is 179 Å². The fourth-order valence-corrected chi connectivity index (χ4v) is 6.41. The van der Waals surface area contributed by atoms with Gasteiger partial charge in [0.2, 0.25) is 0 Å². The Bertz CT molecular complexity index is 952. The predicted molar refractivity (Wildman–Crippen MR) is 107 cm³/mol. The molecular formula is C24H25F2NO4. The Kier molecular flexibility index (Phi) is 5.07. The van der Waals surface area contributed by atoms with Gasteiger partial charge in [-0.2, -0.15) is 0 Å². The van der Waals surface area contributed by atoms with Crippen molar-refractivity contribution in [2.75, 3.05) is 6.61 Å². The van der Waals surface area contributed by atoms with Crippen LogP contribution in [0.1, 0.15) is 54.6 Å². The molecule has 4 bridgehead atoms. The van der Waals surface area contributed by atoms with E-state index in [1.165, 1.54) is 19.3 Å². The van der Waals surface area contributed by atoms with Gasteiger partial charge in [-0.3, -0.25) is 4.79 Å². The van der Waals surface area contributed by atoms with E-state index >= 15 is 0 Å². The maximum atomic E-state index is 13.9. The summed E-state index contributed by atoms with van der Waals surface area (Å²) in [7, 11) is 0. The molecule has 1 aromatic heterocycles. The summed E-state index contributed by atoms with van der Waals surface area (Å²) < 4.78 is 37.7. The highest BCUT2D eigenvalue weighted by atomic mass is 19.1. The molecule has 4 aliphatic carbocycles. The molecule has 1 aromatic carbocycles. The van der Waals surface area contributed by atoms with Gasteiger partial charge < -0.3 is 14.1 Å². The van der Waals surface area contributed by atoms with E-state index in [2.05, 4.69) is 0 Å². The molecule has 0 aliphatic heterocycles. The van der Waals surface area contributed by atoms with Crippen LogP contribution in [0.4, 0.5) is 8.78 Å². The molecule has 0 N–H and O–H groups in total. The van der Waals surface area contributed by atoms with Crippen LogP contribution in [0.25, 0.3) is 0 Å². The number of ether oxygens (including phenoxy) is 1. The summed E-state index contributed by atoms with van der Waals surface area (Å²) in [5.74, 6) is -0.497. The number of nitrogens with zero attached hydrogens (tertiary/aromatic N) is 1. The summed E-state index contributed by atoms with van der Waals surface area (Å²) in [4.78, 5) is 27.4. The first-order valence-corrected chi connectivity index (χ1v) is 10.9. The van der Waals surface area contributed by atoms with Gasteiger partial charge in [-0.05, 0) is 80.5 Å². The molecule has 0 radical (unpaired) electrons. The van der Waals surface area contributed by atoms with Gasteiger partial charge in [-0.15, -0.1) is 0 Å². The number of hydrogen-bond acceptors (Lipinski definition) is 4. The summed E-state index contributed by atoms with van der Waals surface area (Å²) in [5, 5.41) is 0. The van der Waals surface area contributed by atoms with Gasteiger partial charge in [0.05, 0.1) is 18.4 Å². The zero-order valence-corrected chi connectivity index (χ0v) is 17.2. The Morgan fingerprint density at radius 3 is 2.32 bits per heavy atom. The maximum absolute atomic E-state index is 13.9. The van der Waals surface area contributed by atoms with Crippen molar-refractivity contribution in [1.29, 1.82) is 0 Å². The third-order valence-corrected chi connectivity index (χ3v) is 7.25. The number of esters is 1. The molecule has 0 atom stereocenters. The molecule has 1 heterocycles. The van der Waals surface area contributed by atoms with Crippen molar-refractivity contribution in [3.63, 3.8) is 0 Å². The van der Waals surface area contributed by atoms with Gasteiger partial charge in [0.15, 0.2) is 6.61 Å². The molecule has 31 heavy (non-hydrogen) atoms. The van der Waals surface area contributed by atoms with Crippen molar-refractivity contribution in [1.82, 2.24) is 4.90 Å². The number of carbonyl (C=O) groups is 2. The normalized spacial score (nSPS) is 28.5. The average molecular weight is 429 g/mol. The van der Waals surface area contributed by atoms with Crippen molar-refractivity contribution < 1.29 is 27.5 Å². The predicted octanol–water partition coefficient (Wildman–Crippen LogP) is 4.71. The topological polar surface area (TPSA) is 59.8 Å². The minimum absolute atomic E-state index is 0.244. The second-order valence-electron chi connectivity index (χ2n) is 9.40. The lowest BCUT2D eigenvalue weighted by Gasteiger charge is -2.60. The Morgan fingerprint density at radius 2 is 1.74 bits per heavy atom. The zero-order valence-electron chi connectivity index (χ0n) is 17.2.